The van der Waals surface area contributed by atoms with Crippen LogP contribution < -0.4 is 10.6 Å². The Balaban J connectivity index is 1.72. The summed E-state index contributed by atoms with van der Waals surface area (Å²) in [6, 6.07) is 8.84. The molecule has 0 aliphatic carbocycles. The molecule has 1 unspecified atom stereocenters. The summed E-state index contributed by atoms with van der Waals surface area (Å²) in [5, 5.41) is 6.89. The van der Waals surface area contributed by atoms with Crippen molar-refractivity contribution in [1.82, 2.24) is 15.5 Å². The third-order valence-electron chi connectivity index (χ3n) is 5.04. The minimum absolute atomic E-state index is 0.0288. The van der Waals surface area contributed by atoms with Gasteiger partial charge in [-0.1, -0.05) is 23.7 Å². The van der Waals surface area contributed by atoms with E-state index in [9.17, 15) is 4.79 Å². The van der Waals surface area contributed by atoms with Crippen molar-refractivity contribution in [3.8, 4) is 0 Å². The van der Waals surface area contributed by atoms with Crippen LogP contribution in [-0.2, 0) is 16.0 Å². The van der Waals surface area contributed by atoms with Crippen molar-refractivity contribution < 1.29 is 9.53 Å². The zero-order valence-electron chi connectivity index (χ0n) is 14.1. The highest BCUT2D eigenvalue weighted by Gasteiger charge is 2.36. The minimum Gasteiger partial charge on any atom is -0.365 e. The molecule has 1 aromatic carbocycles. The number of rotatable bonds is 4. The van der Waals surface area contributed by atoms with E-state index in [1.54, 1.807) is 7.05 Å². The van der Waals surface area contributed by atoms with Crippen LogP contribution in [0.4, 0.5) is 0 Å². The smallest absolute Gasteiger partial charge is 0.250 e. The lowest BCUT2D eigenvalue weighted by Crippen LogP contribution is -2.59. The predicted molar refractivity (Wildman–Crippen MR) is 95.3 cm³/mol. The molecule has 2 N–H and O–H groups in total. The van der Waals surface area contributed by atoms with Gasteiger partial charge in [0, 0.05) is 30.7 Å². The summed E-state index contributed by atoms with van der Waals surface area (Å²) in [4.78, 5) is 14.5. The van der Waals surface area contributed by atoms with Crippen molar-refractivity contribution in [2.75, 3.05) is 33.3 Å². The molecule has 5 nitrogen and oxygen atoms in total. The lowest BCUT2D eigenvalue weighted by Gasteiger charge is -2.45. The van der Waals surface area contributed by atoms with Crippen molar-refractivity contribution in [3.05, 3.63) is 34.9 Å². The number of amides is 1. The van der Waals surface area contributed by atoms with Crippen LogP contribution in [0.25, 0.3) is 0 Å². The van der Waals surface area contributed by atoms with Crippen molar-refractivity contribution in [3.63, 3.8) is 0 Å². The molecule has 2 aliphatic heterocycles. The Kier molecular flexibility index (Phi) is 6.11. The molecular formula is C18H26ClN3O2. The number of likely N-dealkylation sites (N-methyl/N-ethyl adjacent to an activating group) is 1. The molecule has 2 fully saturated rings. The summed E-state index contributed by atoms with van der Waals surface area (Å²) in [5.41, 5.74) is 1.25. The van der Waals surface area contributed by atoms with Gasteiger partial charge in [0.15, 0.2) is 0 Å². The van der Waals surface area contributed by atoms with E-state index in [-0.39, 0.29) is 12.0 Å². The summed E-state index contributed by atoms with van der Waals surface area (Å²) in [7, 11) is 1.67. The number of carbonyl (C=O) groups excluding carboxylic acids is 1. The number of nitrogens with one attached hydrogen (secondary N) is 2. The number of nitrogens with zero attached hydrogens (tertiary/aromatic N) is 1. The predicted octanol–water partition coefficient (Wildman–Crippen LogP) is 1.45. The fourth-order valence-corrected chi connectivity index (χ4v) is 3.82. The minimum atomic E-state index is -0.369. The Morgan fingerprint density at radius 1 is 1.33 bits per heavy atom. The van der Waals surface area contributed by atoms with E-state index in [1.165, 1.54) is 5.56 Å². The fourth-order valence-electron chi connectivity index (χ4n) is 3.69. The second-order valence-electron chi connectivity index (χ2n) is 6.60. The Bertz CT molecular complexity index is 546. The molecule has 0 saturated carbocycles. The van der Waals surface area contributed by atoms with Crippen molar-refractivity contribution in [1.29, 1.82) is 0 Å². The molecule has 2 heterocycles. The number of carbonyl (C=O) groups is 1. The van der Waals surface area contributed by atoms with Gasteiger partial charge in [-0.05, 0) is 50.0 Å². The number of piperidine rings is 1. The van der Waals surface area contributed by atoms with Crippen LogP contribution in [0.3, 0.4) is 0 Å². The lowest BCUT2D eigenvalue weighted by atomic mass is 9.97. The van der Waals surface area contributed by atoms with E-state index in [2.05, 4.69) is 27.7 Å². The molecule has 3 rings (SSSR count). The van der Waals surface area contributed by atoms with Crippen LogP contribution in [0.2, 0.25) is 5.02 Å². The van der Waals surface area contributed by atoms with Crippen LogP contribution in [0.1, 0.15) is 18.4 Å². The Labute approximate surface area is 148 Å². The van der Waals surface area contributed by atoms with Gasteiger partial charge in [0.25, 0.3) is 0 Å². The van der Waals surface area contributed by atoms with E-state index in [0.29, 0.717) is 25.2 Å². The van der Waals surface area contributed by atoms with Gasteiger partial charge in [0.05, 0.1) is 6.61 Å². The number of hydrogen-bond acceptors (Lipinski definition) is 4. The molecule has 0 aromatic heterocycles. The van der Waals surface area contributed by atoms with Crippen molar-refractivity contribution in [2.45, 2.75) is 37.5 Å². The molecule has 2 saturated heterocycles. The maximum Gasteiger partial charge on any atom is 0.250 e. The van der Waals surface area contributed by atoms with Gasteiger partial charge in [-0.3, -0.25) is 9.69 Å². The highest BCUT2D eigenvalue weighted by Crippen LogP contribution is 2.24. The second kappa shape index (κ2) is 8.30. The monoisotopic (exact) mass is 351 g/mol. The summed E-state index contributed by atoms with van der Waals surface area (Å²) < 4.78 is 5.86. The molecule has 2 atom stereocenters. The van der Waals surface area contributed by atoms with Gasteiger partial charge >= 0.3 is 0 Å². The van der Waals surface area contributed by atoms with Crippen LogP contribution in [0.15, 0.2) is 24.3 Å². The van der Waals surface area contributed by atoms with E-state index in [0.717, 1.165) is 37.4 Å². The second-order valence-corrected chi connectivity index (χ2v) is 7.04. The Morgan fingerprint density at radius 3 is 2.71 bits per heavy atom. The zero-order chi connectivity index (χ0) is 16.9. The van der Waals surface area contributed by atoms with Gasteiger partial charge in [-0.2, -0.15) is 0 Å². The Hall–Kier alpha value is -1.14. The average molecular weight is 352 g/mol. The first-order valence-corrected chi connectivity index (χ1v) is 9.09. The maximum absolute atomic E-state index is 12.0. The van der Waals surface area contributed by atoms with E-state index in [4.69, 9.17) is 16.3 Å². The van der Waals surface area contributed by atoms with Crippen LogP contribution in [0, 0.1) is 0 Å². The van der Waals surface area contributed by atoms with Gasteiger partial charge in [-0.25, -0.2) is 0 Å². The van der Waals surface area contributed by atoms with Gasteiger partial charge in [-0.15, -0.1) is 0 Å². The quantitative estimate of drug-likeness (QED) is 0.862. The van der Waals surface area contributed by atoms with Crippen LogP contribution in [0.5, 0.6) is 0 Å². The van der Waals surface area contributed by atoms with Crippen LogP contribution >= 0.6 is 11.6 Å². The molecule has 1 aromatic rings. The first kappa shape index (κ1) is 17.7. The highest BCUT2D eigenvalue weighted by molar-refractivity contribution is 6.30. The third kappa shape index (κ3) is 4.28. The Morgan fingerprint density at radius 2 is 2.04 bits per heavy atom. The molecule has 0 spiro atoms. The maximum atomic E-state index is 12.0. The highest BCUT2D eigenvalue weighted by atomic mass is 35.5. The van der Waals surface area contributed by atoms with Gasteiger partial charge in [0.2, 0.25) is 5.91 Å². The van der Waals surface area contributed by atoms with E-state index in [1.807, 2.05) is 12.1 Å². The molecule has 2 aliphatic rings. The molecule has 6 heteroatoms. The number of benzene rings is 1. The molecular weight excluding hydrogens is 326 g/mol. The molecule has 0 bridgehead atoms. The summed E-state index contributed by atoms with van der Waals surface area (Å²) in [5.74, 6) is -0.0288. The number of morpholine rings is 1. The first-order valence-electron chi connectivity index (χ1n) is 8.71. The zero-order valence-corrected chi connectivity index (χ0v) is 14.9. The third-order valence-corrected chi connectivity index (χ3v) is 5.29. The number of halogens is 1. The average Bonchev–Trinajstić information content (AvgIpc) is 2.64. The van der Waals surface area contributed by atoms with Gasteiger partial charge in [0.1, 0.15) is 6.10 Å². The number of ether oxygens (including phenoxy) is 1. The van der Waals surface area contributed by atoms with Crippen molar-refractivity contribution in [2.24, 2.45) is 0 Å². The lowest BCUT2D eigenvalue weighted by molar-refractivity contribution is -0.144. The topological polar surface area (TPSA) is 53.6 Å². The fraction of sp³-hybridized carbons (Fsp3) is 0.611. The molecule has 1 amide bonds. The number of hydrogen-bond donors (Lipinski definition) is 2. The van der Waals surface area contributed by atoms with Crippen LogP contribution in [-0.4, -0.2) is 62.3 Å². The SMILES string of the molecule is CNC(=O)[C@H]1CN(C2CCNCC2)C(Cc2ccc(Cl)cc2)CO1. The summed E-state index contributed by atoms with van der Waals surface area (Å²) >= 11 is 5.99. The van der Waals surface area contributed by atoms with E-state index >= 15 is 0 Å². The van der Waals surface area contributed by atoms with E-state index < -0.39 is 0 Å². The molecule has 24 heavy (non-hydrogen) atoms. The summed E-state index contributed by atoms with van der Waals surface area (Å²) in [6.07, 6.45) is 2.79. The van der Waals surface area contributed by atoms with Crippen molar-refractivity contribution >= 4 is 17.5 Å². The summed E-state index contributed by atoms with van der Waals surface area (Å²) in [6.45, 7) is 3.34. The normalized spacial score (nSPS) is 26.2. The standard InChI is InChI=1S/C18H26ClN3O2/c1-20-18(23)17-11-22(15-6-8-21-9-7-15)16(12-24-17)10-13-2-4-14(19)5-3-13/h2-5,15-17,21H,6-12H2,1H3,(H,20,23)/t16?,17-/m1/s1. The largest absolute Gasteiger partial charge is 0.365 e. The molecule has 0 radical (unpaired) electrons. The molecule has 132 valence electrons. The first-order chi connectivity index (χ1) is 11.7. The van der Waals surface area contributed by atoms with Gasteiger partial charge < -0.3 is 15.4 Å².